The van der Waals surface area contributed by atoms with Crippen LogP contribution in [0.2, 0.25) is 0 Å². The number of amides is 1. The average Bonchev–Trinajstić information content (AvgIpc) is 2.99. The van der Waals surface area contributed by atoms with Crippen molar-refractivity contribution in [1.29, 1.82) is 0 Å². The zero-order valence-electron chi connectivity index (χ0n) is 24.6. The highest BCUT2D eigenvalue weighted by Crippen LogP contribution is 2.31. The molecular formula is C33H46N2O5S. The van der Waals surface area contributed by atoms with Crippen molar-refractivity contribution >= 4 is 23.6 Å². The summed E-state index contributed by atoms with van der Waals surface area (Å²) >= 11 is 1.57. The molecule has 1 amide bonds. The van der Waals surface area contributed by atoms with Crippen molar-refractivity contribution in [2.45, 2.75) is 70.6 Å². The molecule has 0 aromatic heterocycles. The monoisotopic (exact) mass is 582 g/mol. The van der Waals surface area contributed by atoms with Gasteiger partial charge >= 0.3 is 5.97 Å². The number of ether oxygens (including phenoxy) is 2. The van der Waals surface area contributed by atoms with Crippen molar-refractivity contribution in [3.63, 3.8) is 0 Å². The van der Waals surface area contributed by atoms with Crippen LogP contribution in [-0.4, -0.2) is 78.9 Å². The molecule has 0 spiro atoms. The first-order valence-electron chi connectivity index (χ1n) is 15.1. The van der Waals surface area contributed by atoms with Gasteiger partial charge in [0, 0.05) is 25.2 Å². The van der Waals surface area contributed by atoms with E-state index in [9.17, 15) is 14.7 Å². The lowest BCUT2D eigenvalue weighted by Gasteiger charge is -2.33. The molecule has 2 aliphatic rings. The Morgan fingerprint density at radius 1 is 1.10 bits per heavy atom. The topological polar surface area (TPSA) is 88.1 Å². The van der Waals surface area contributed by atoms with Gasteiger partial charge in [-0.1, -0.05) is 62.4 Å². The number of morpholine rings is 1. The van der Waals surface area contributed by atoms with Crippen LogP contribution in [0.4, 0.5) is 0 Å². The molecule has 1 saturated carbocycles. The summed E-state index contributed by atoms with van der Waals surface area (Å²) in [5, 5.41) is 12.4. The molecule has 1 unspecified atom stereocenters. The van der Waals surface area contributed by atoms with Gasteiger partial charge in [0.15, 0.2) is 0 Å². The van der Waals surface area contributed by atoms with E-state index < -0.39 is 12.0 Å². The van der Waals surface area contributed by atoms with Gasteiger partial charge in [-0.05, 0) is 72.1 Å². The first-order valence-corrected chi connectivity index (χ1v) is 16.5. The Kier molecular flexibility index (Phi) is 12.5. The number of nitrogens with zero attached hydrogens (tertiary/aromatic N) is 1. The van der Waals surface area contributed by atoms with Crippen LogP contribution in [0.5, 0.6) is 0 Å². The summed E-state index contributed by atoms with van der Waals surface area (Å²) in [6.07, 6.45) is 10.1. The average molecular weight is 583 g/mol. The number of rotatable bonds is 14. The molecule has 1 heterocycles. The number of aliphatic carboxylic acids is 1. The second-order valence-corrected chi connectivity index (χ2v) is 12.4. The fourth-order valence-corrected chi connectivity index (χ4v) is 6.45. The van der Waals surface area contributed by atoms with Crippen molar-refractivity contribution in [3.8, 4) is 11.1 Å². The van der Waals surface area contributed by atoms with Gasteiger partial charge in [0.2, 0.25) is 0 Å². The number of carbonyl (C=O) groups is 2. The lowest BCUT2D eigenvalue weighted by molar-refractivity contribution is -0.139. The van der Waals surface area contributed by atoms with Crippen molar-refractivity contribution in [2.24, 2.45) is 5.92 Å². The quantitative estimate of drug-likeness (QED) is 0.292. The Balaban J connectivity index is 1.53. The maximum Gasteiger partial charge on any atom is 0.326 e. The Morgan fingerprint density at radius 3 is 2.56 bits per heavy atom. The Morgan fingerprint density at radius 2 is 1.85 bits per heavy atom. The molecule has 7 nitrogen and oxygen atoms in total. The van der Waals surface area contributed by atoms with E-state index in [1.54, 1.807) is 11.8 Å². The van der Waals surface area contributed by atoms with Gasteiger partial charge < -0.3 is 19.9 Å². The summed E-state index contributed by atoms with van der Waals surface area (Å²) in [7, 11) is 0. The number of aryl methyl sites for hydroxylation is 1. The van der Waals surface area contributed by atoms with Crippen LogP contribution >= 0.6 is 11.8 Å². The Hall–Kier alpha value is -2.39. The lowest BCUT2D eigenvalue weighted by atomic mass is 9.85. The summed E-state index contributed by atoms with van der Waals surface area (Å²) in [4.78, 5) is 27.7. The van der Waals surface area contributed by atoms with E-state index in [4.69, 9.17) is 9.47 Å². The van der Waals surface area contributed by atoms with Gasteiger partial charge in [-0.25, -0.2) is 4.79 Å². The summed E-state index contributed by atoms with van der Waals surface area (Å²) in [6.45, 7) is 6.85. The van der Waals surface area contributed by atoms with Gasteiger partial charge in [-0.2, -0.15) is 11.8 Å². The smallest absolute Gasteiger partial charge is 0.326 e. The molecule has 2 aromatic rings. The first-order chi connectivity index (χ1) is 19.9. The number of thioether (sulfide) groups is 1. The van der Waals surface area contributed by atoms with E-state index in [0.29, 0.717) is 24.3 Å². The fourth-order valence-electron chi connectivity index (χ4n) is 5.98. The third-order valence-corrected chi connectivity index (χ3v) is 8.99. The maximum atomic E-state index is 13.4. The molecule has 2 N–H and O–H groups in total. The standard InChI is InChI=1S/C33H46N2O5S/c1-24-8-6-7-11-28(24)30-21-26(12-13-29(30)32(36)34-31(33(37)38)14-19-41-2)23-40-27(20-25-9-4-3-5-10-25)22-35-15-17-39-18-16-35/h6-8,11-13,21,25,27,31H,3-5,9-10,14-20,22-23H2,1-2H3,(H,34,36)(H,37,38)/t27?,31-/m0/s1. The molecule has 2 atom stereocenters. The van der Waals surface area contributed by atoms with Crippen LogP contribution in [0.25, 0.3) is 11.1 Å². The van der Waals surface area contributed by atoms with Gasteiger partial charge in [0.05, 0.1) is 25.9 Å². The second-order valence-electron chi connectivity index (χ2n) is 11.4. The summed E-state index contributed by atoms with van der Waals surface area (Å²) in [5.74, 6) is -0.00693. The predicted molar refractivity (Wildman–Crippen MR) is 166 cm³/mol. The molecule has 224 valence electrons. The van der Waals surface area contributed by atoms with Gasteiger partial charge in [0.1, 0.15) is 6.04 Å². The minimum atomic E-state index is -1.01. The van der Waals surface area contributed by atoms with Crippen LogP contribution in [0, 0.1) is 12.8 Å². The number of benzene rings is 2. The number of carboxylic acid groups (broad SMARTS) is 1. The molecule has 1 aliphatic carbocycles. The molecule has 2 aromatic carbocycles. The lowest BCUT2D eigenvalue weighted by Crippen LogP contribution is -2.42. The van der Waals surface area contributed by atoms with Crippen LogP contribution in [-0.2, 0) is 20.9 Å². The van der Waals surface area contributed by atoms with Gasteiger partial charge in [0.25, 0.3) is 5.91 Å². The molecule has 41 heavy (non-hydrogen) atoms. The Labute approximate surface area is 249 Å². The largest absolute Gasteiger partial charge is 0.480 e. The molecule has 0 radical (unpaired) electrons. The molecule has 4 rings (SSSR count). The minimum Gasteiger partial charge on any atom is -0.480 e. The van der Waals surface area contributed by atoms with E-state index in [1.807, 2.05) is 55.6 Å². The predicted octanol–water partition coefficient (Wildman–Crippen LogP) is 5.79. The van der Waals surface area contributed by atoms with E-state index in [2.05, 4.69) is 10.2 Å². The van der Waals surface area contributed by atoms with Gasteiger partial charge in [-0.3, -0.25) is 9.69 Å². The van der Waals surface area contributed by atoms with Crippen LogP contribution < -0.4 is 5.32 Å². The summed E-state index contributed by atoms with van der Waals surface area (Å²) in [5.41, 5.74) is 4.30. The first kappa shape index (κ1) is 31.5. The van der Waals surface area contributed by atoms with Crippen LogP contribution in [0.3, 0.4) is 0 Å². The number of hydrogen-bond acceptors (Lipinski definition) is 6. The van der Waals surface area contributed by atoms with E-state index >= 15 is 0 Å². The Bertz CT molecular complexity index is 1110. The zero-order valence-corrected chi connectivity index (χ0v) is 25.4. The van der Waals surface area contributed by atoms with E-state index in [0.717, 1.165) is 67.4 Å². The zero-order chi connectivity index (χ0) is 29.0. The minimum absolute atomic E-state index is 0.147. The number of nitrogens with one attached hydrogen (secondary N) is 1. The number of carbonyl (C=O) groups excluding carboxylic acids is 1. The third kappa shape index (κ3) is 9.57. The highest BCUT2D eigenvalue weighted by molar-refractivity contribution is 7.98. The molecular weight excluding hydrogens is 536 g/mol. The normalized spacial score (nSPS) is 18.1. The molecule has 0 bridgehead atoms. The van der Waals surface area contributed by atoms with Crippen molar-refractivity contribution < 1.29 is 24.2 Å². The number of carboxylic acids is 1. The fraction of sp³-hybridized carbons (Fsp3) is 0.576. The summed E-state index contributed by atoms with van der Waals surface area (Å²) < 4.78 is 12.2. The SMILES string of the molecule is CSCC[C@H](NC(=O)c1ccc(COC(CC2CCCCC2)CN2CCOCC2)cc1-c1ccccc1C)C(=O)O. The maximum absolute atomic E-state index is 13.4. The molecule has 2 fully saturated rings. The number of hydrogen-bond donors (Lipinski definition) is 2. The highest BCUT2D eigenvalue weighted by Gasteiger charge is 2.25. The highest BCUT2D eigenvalue weighted by atomic mass is 32.2. The molecule has 1 saturated heterocycles. The second kappa shape index (κ2) is 16.3. The van der Waals surface area contributed by atoms with Crippen molar-refractivity contribution in [3.05, 3.63) is 59.2 Å². The molecule has 8 heteroatoms. The van der Waals surface area contributed by atoms with Gasteiger partial charge in [-0.15, -0.1) is 0 Å². The van der Waals surface area contributed by atoms with Crippen LogP contribution in [0.1, 0.15) is 66.4 Å². The van der Waals surface area contributed by atoms with Crippen molar-refractivity contribution in [1.82, 2.24) is 10.2 Å². The van der Waals surface area contributed by atoms with E-state index in [1.165, 1.54) is 32.1 Å². The van der Waals surface area contributed by atoms with Crippen LogP contribution in [0.15, 0.2) is 42.5 Å². The van der Waals surface area contributed by atoms with E-state index in [-0.39, 0.29) is 12.0 Å². The third-order valence-electron chi connectivity index (χ3n) is 8.35. The summed E-state index contributed by atoms with van der Waals surface area (Å²) in [6, 6.07) is 12.9. The van der Waals surface area contributed by atoms with Crippen molar-refractivity contribution in [2.75, 3.05) is 44.9 Å². The molecule has 1 aliphatic heterocycles.